The summed E-state index contributed by atoms with van der Waals surface area (Å²) in [6.45, 7) is 0.967. The number of aldehydes is 1. The van der Waals surface area contributed by atoms with Crippen molar-refractivity contribution in [2.45, 2.75) is 6.54 Å². The second-order valence-electron chi connectivity index (χ2n) is 4.26. The van der Waals surface area contributed by atoms with Gasteiger partial charge in [-0.1, -0.05) is 23.7 Å². The predicted molar refractivity (Wildman–Crippen MR) is 77.1 cm³/mol. The molecule has 0 aliphatic carbocycles. The van der Waals surface area contributed by atoms with Crippen LogP contribution in [0.4, 0.5) is 0 Å². The highest BCUT2D eigenvalue weighted by Gasteiger charge is 2.17. The topological polar surface area (TPSA) is 48.3 Å². The van der Waals surface area contributed by atoms with Crippen LogP contribution in [-0.2, 0) is 16.1 Å². The Hall–Kier alpha value is -1.91. The molecular weight excluding hydrogens is 278 g/mol. The Morgan fingerprint density at radius 1 is 1.40 bits per heavy atom. The largest absolute Gasteiger partial charge is 0.383 e. The molecule has 2 aromatic rings. The molecule has 0 aliphatic rings. The van der Waals surface area contributed by atoms with E-state index in [0.717, 1.165) is 5.56 Å². The molecule has 0 N–H and O–H groups in total. The number of methoxy groups -OCH3 is 1. The van der Waals surface area contributed by atoms with Crippen LogP contribution >= 0.6 is 11.6 Å². The van der Waals surface area contributed by atoms with Crippen LogP contribution in [0.25, 0.3) is 11.1 Å². The molecule has 0 fully saturated rings. The first-order valence-electron chi connectivity index (χ1n) is 6.11. The first kappa shape index (κ1) is 14.5. The minimum absolute atomic E-state index is 0.326. The number of halogens is 1. The van der Waals surface area contributed by atoms with E-state index in [1.54, 1.807) is 42.1 Å². The number of ketones is 1. The van der Waals surface area contributed by atoms with E-state index in [0.29, 0.717) is 35.7 Å². The lowest BCUT2D eigenvalue weighted by Gasteiger charge is -2.08. The first-order valence-corrected chi connectivity index (χ1v) is 6.48. The van der Waals surface area contributed by atoms with Gasteiger partial charge in [0.25, 0.3) is 0 Å². The standard InChI is InChI=1S/C15H14ClNO3/c1-20-8-7-17-6-5-13(15(17)14(19)10-18)11-3-2-4-12(16)9-11/h2-6,9-10H,7-8H2,1H3. The third-order valence-corrected chi connectivity index (χ3v) is 3.21. The van der Waals surface area contributed by atoms with Crippen molar-refractivity contribution in [2.24, 2.45) is 0 Å². The van der Waals surface area contributed by atoms with Crippen LogP contribution in [0.5, 0.6) is 0 Å². The maximum Gasteiger partial charge on any atom is 0.242 e. The van der Waals surface area contributed by atoms with E-state index in [2.05, 4.69) is 0 Å². The second kappa shape index (κ2) is 6.50. The molecule has 0 bridgehead atoms. The molecule has 1 heterocycles. The van der Waals surface area contributed by atoms with Gasteiger partial charge in [-0.25, -0.2) is 0 Å². The average molecular weight is 292 g/mol. The summed E-state index contributed by atoms with van der Waals surface area (Å²) in [6, 6.07) is 8.98. The number of aromatic nitrogens is 1. The molecule has 0 amide bonds. The number of ether oxygens (including phenoxy) is 1. The number of hydrogen-bond donors (Lipinski definition) is 0. The van der Waals surface area contributed by atoms with Gasteiger partial charge in [-0.05, 0) is 23.8 Å². The zero-order valence-corrected chi connectivity index (χ0v) is 11.8. The highest BCUT2D eigenvalue weighted by molar-refractivity contribution is 6.34. The quantitative estimate of drug-likeness (QED) is 0.467. The van der Waals surface area contributed by atoms with Crippen LogP contribution in [0.15, 0.2) is 36.5 Å². The van der Waals surface area contributed by atoms with E-state index < -0.39 is 5.78 Å². The van der Waals surface area contributed by atoms with Crippen molar-refractivity contribution in [1.82, 2.24) is 4.57 Å². The van der Waals surface area contributed by atoms with E-state index in [1.165, 1.54) is 0 Å². The zero-order valence-electron chi connectivity index (χ0n) is 11.0. The van der Waals surface area contributed by atoms with E-state index in [4.69, 9.17) is 16.3 Å². The van der Waals surface area contributed by atoms with E-state index in [1.807, 2.05) is 6.07 Å². The van der Waals surface area contributed by atoms with Gasteiger partial charge in [-0.2, -0.15) is 0 Å². The monoisotopic (exact) mass is 291 g/mol. The summed E-state index contributed by atoms with van der Waals surface area (Å²) in [5.74, 6) is -0.555. The Morgan fingerprint density at radius 2 is 2.20 bits per heavy atom. The Balaban J connectivity index is 2.50. The Bertz CT molecular complexity index is 634. The molecule has 104 valence electrons. The molecule has 0 atom stereocenters. The van der Waals surface area contributed by atoms with Gasteiger partial charge in [0, 0.05) is 30.4 Å². The van der Waals surface area contributed by atoms with Crippen molar-refractivity contribution >= 4 is 23.7 Å². The zero-order chi connectivity index (χ0) is 14.5. The molecule has 0 radical (unpaired) electrons. The van der Waals surface area contributed by atoms with Crippen molar-refractivity contribution in [3.05, 3.63) is 47.2 Å². The minimum Gasteiger partial charge on any atom is -0.383 e. The lowest BCUT2D eigenvalue weighted by Crippen LogP contribution is -2.13. The van der Waals surface area contributed by atoms with Crippen molar-refractivity contribution in [3.8, 4) is 11.1 Å². The van der Waals surface area contributed by atoms with Crippen molar-refractivity contribution < 1.29 is 14.3 Å². The van der Waals surface area contributed by atoms with Crippen molar-refractivity contribution in [3.63, 3.8) is 0 Å². The number of carbonyl (C=O) groups excluding carboxylic acids is 2. The van der Waals surface area contributed by atoms with Gasteiger partial charge >= 0.3 is 0 Å². The number of Topliss-reactive ketones (excluding diaryl/α,β-unsaturated/α-hetero) is 1. The molecule has 0 aliphatic heterocycles. The molecule has 1 aromatic heterocycles. The first-order chi connectivity index (χ1) is 9.67. The lowest BCUT2D eigenvalue weighted by atomic mass is 10.0. The molecule has 1 aromatic carbocycles. The maximum absolute atomic E-state index is 11.9. The summed E-state index contributed by atoms with van der Waals surface area (Å²) < 4.78 is 6.73. The summed E-state index contributed by atoms with van der Waals surface area (Å²) in [7, 11) is 1.59. The lowest BCUT2D eigenvalue weighted by molar-refractivity contribution is -0.104. The fraction of sp³-hybridized carbons (Fsp3) is 0.200. The number of carbonyl (C=O) groups is 2. The van der Waals surface area contributed by atoms with Gasteiger partial charge < -0.3 is 9.30 Å². The molecule has 4 nitrogen and oxygen atoms in total. The van der Waals surface area contributed by atoms with Crippen LogP contribution in [0.1, 0.15) is 10.5 Å². The summed E-state index contributed by atoms with van der Waals surface area (Å²) in [5, 5.41) is 0.580. The number of benzene rings is 1. The molecule has 5 heteroatoms. The van der Waals surface area contributed by atoms with Crippen molar-refractivity contribution in [2.75, 3.05) is 13.7 Å². The van der Waals surface area contributed by atoms with Gasteiger partial charge in [0.15, 0.2) is 6.29 Å². The smallest absolute Gasteiger partial charge is 0.242 e. The Morgan fingerprint density at radius 3 is 2.85 bits per heavy atom. The second-order valence-corrected chi connectivity index (χ2v) is 4.69. The van der Waals surface area contributed by atoms with Crippen LogP contribution in [-0.4, -0.2) is 30.4 Å². The molecule has 0 saturated heterocycles. The number of rotatable bonds is 6. The molecule has 0 unspecified atom stereocenters. The normalized spacial score (nSPS) is 10.5. The Labute approximate surface area is 121 Å². The van der Waals surface area contributed by atoms with Gasteiger partial charge in [0.1, 0.15) is 5.69 Å². The van der Waals surface area contributed by atoms with Crippen LogP contribution in [0, 0.1) is 0 Å². The minimum atomic E-state index is -0.555. The van der Waals surface area contributed by atoms with Crippen molar-refractivity contribution in [1.29, 1.82) is 0 Å². The summed E-state index contributed by atoms with van der Waals surface area (Å²) in [4.78, 5) is 22.7. The number of hydrogen-bond acceptors (Lipinski definition) is 3. The van der Waals surface area contributed by atoms with E-state index in [9.17, 15) is 9.59 Å². The highest BCUT2D eigenvalue weighted by Crippen LogP contribution is 2.27. The predicted octanol–water partition coefficient (Wildman–Crippen LogP) is 2.84. The fourth-order valence-electron chi connectivity index (χ4n) is 2.07. The van der Waals surface area contributed by atoms with Gasteiger partial charge in [-0.15, -0.1) is 0 Å². The summed E-state index contributed by atoms with van der Waals surface area (Å²) in [5.41, 5.74) is 1.86. The van der Waals surface area contributed by atoms with Gasteiger partial charge in [-0.3, -0.25) is 9.59 Å². The number of nitrogens with zero attached hydrogens (tertiary/aromatic N) is 1. The van der Waals surface area contributed by atoms with Crippen LogP contribution in [0.3, 0.4) is 0 Å². The van der Waals surface area contributed by atoms with Gasteiger partial charge in [0.05, 0.1) is 6.61 Å². The molecule has 20 heavy (non-hydrogen) atoms. The third kappa shape index (κ3) is 2.98. The molecule has 2 rings (SSSR count). The Kier molecular flexibility index (Phi) is 4.71. The molecule has 0 spiro atoms. The van der Waals surface area contributed by atoms with E-state index >= 15 is 0 Å². The summed E-state index contributed by atoms with van der Waals surface area (Å²) in [6.07, 6.45) is 2.10. The van der Waals surface area contributed by atoms with Crippen LogP contribution < -0.4 is 0 Å². The average Bonchev–Trinajstić information content (AvgIpc) is 2.88. The molecule has 0 saturated carbocycles. The molecular formula is C15H14ClNO3. The maximum atomic E-state index is 11.9. The van der Waals surface area contributed by atoms with Crippen LogP contribution in [0.2, 0.25) is 5.02 Å². The highest BCUT2D eigenvalue weighted by atomic mass is 35.5. The SMILES string of the molecule is COCCn1ccc(-c2cccc(Cl)c2)c1C(=O)C=O. The van der Waals surface area contributed by atoms with Gasteiger partial charge in [0.2, 0.25) is 5.78 Å². The summed E-state index contributed by atoms with van der Waals surface area (Å²) >= 11 is 5.97. The fourth-order valence-corrected chi connectivity index (χ4v) is 2.26. The third-order valence-electron chi connectivity index (χ3n) is 2.98. The van der Waals surface area contributed by atoms with E-state index in [-0.39, 0.29) is 0 Å².